The molecule has 3 aliphatic rings. The number of aromatic nitrogens is 1. The predicted octanol–water partition coefficient (Wildman–Crippen LogP) is 3.43. The molecule has 4 rings (SSSR count). The van der Waals surface area contributed by atoms with Crippen molar-refractivity contribution >= 4 is 17.5 Å². The van der Waals surface area contributed by atoms with Crippen LogP contribution in [0.2, 0.25) is 0 Å². The average Bonchev–Trinajstić information content (AvgIpc) is 2.74. The van der Waals surface area contributed by atoms with Gasteiger partial charge < -0.3 is 10.2 Å². The highest BCUT2D eigenvalue weighted by Crippen LogP contribution is 2.41. The van der Waals surface area contributed by atoms with Crippen LogP contribution in [0.15, 0.2) is 30.5 Å². The highest BCUT2D eigenvalue weighted by Gasteiger charge is 2.44. The molecule has 1 aliphatic heterocycles. The fourth-order valence-corrected chi connectivity index (χ4v) is 5.47. The third-order valence-corrected chi connectivity index (χ3v) is 7.42. The van der Waals surface area contributed by atoms with Gasteiger partial charge in [0.1, 0.15) is 11.6 Å². The molecule has 1 N–H and O–H groups in total. The van der Waals surface area contributed by atoms with Crippen LogP contribution in [0.5, 0.6) is 0 Å². The molecule has 33 heavy (non-hydrogen) atoms. The summed E-state index contributed by atoms with van der Waals surface area (Å²) in [5, 5.41) is 3.26. The smallest absolute Gasteiger partial charge is 0.354 e. The summed E-state index contributed by atoms with van der Waals surface area (Å²) < 4.78 is 38.3. The molecule has 1 aromatic rings. The second-order valence-corrected chi connectivity index (χ2v) is 10.1. The maximum absolute atomic E-state index is 13.3. The van der Waals surface area contributed by atoms with E-state index in [1.807, 2.05) is 18.7 Å². The predicted molar refractivity (Wildman–Crippen MR) is 119 cm³/mol. The third-order valence-electron chi connectivity index (χ3n) is 7.42. The third kappa shape index (κ3) is 4.93. The summed E-state index contributed by atoms with van der Waals surface area (Å²) in [5.74, 6) is 0.977. The van der Waals surface area contributed by atoms with Gasteiger partial charge in [-0.1, -0.05) is 12.2 Å². The quantitative estimate of drug-likeness (QED) is 0.692. The largest absolute Gasteiger partial charge is 0.417 e. The van der Waals surface area contributed by atoms with Crippen molar-refractivity contribution in [1.29, 1.82) is 0 Å². The van der Waals surface area contributed by atoms with Crippen molar-refractivity contribution in [2.45, 2.75) is 57.3 Å². The fraction of sp³-hybridized carbons (Fsp3) is 0.625. The number of piperazine rings is 1. The number of carbonyl (C=O) groups is 2. The lowest BCUT2D eigenvalue weighted by atomic mass is 9.66. The van der Waals surface area contributed by atoms with Crippen LogP contribution >= 0.6 is 0 Å². The van der Waals surface area contributed by atoms with E-state index in [0.29, 0.717) is 44.8 Å². The lowest BCUT2D eigenvalue weighted by Gasteiger charge is -2.47. The van der Waals surface area contributed by atoms with Crippen molar-refractivity contribution in [3.05, 3.63) is 36.0 Å². The van der Waals surface area contributed by atoms with E-state index in [9.17, 15) is 22.8 Å². The highest BCUT2D eigenvalue weighted by molar-refractivity contribution is 5.86. The van der Waals surface area contributed by atoms with Gasteiger partial charge in [0.2, 0.25) is 5.91 Å². The van der Waals surface area contributed by atoms with E-state index < -0.39 is 17.3 Å². The molecule has 2 heterocycles. The summed E-state index contributed by atoms with van der Waals surface area (Å²) >= 11 is 0. The Kier molecular flexibility index (Phi) is 6.28. The zero-order chi connectivity index (χ0) is 24.0. The molecule has 6 nitrogen and oxygen atoms in total. The molecular weight excluding hydrogens is 433 g/mol. The number of hydrogen-bond acceptors (Lipinski definition) is 5. The Labute approximate surface area is 192 Å². The van der Waals surface area contributed by atoms with Crippen LogP contribution in [0.3, 0.4) is 0 Å². The number of pyridine rings is 1. The molecule has 3 atom stereocenters. The van der Waals surface area contributed by atoms with Crippen LogP contribution < -0.4 is 10.2 Å². The maximum Gasteiger partial charge on any atom is 0.417 e. The van der Waals surface area contributed by atoms with E-state index in [1.165, 1.54) is 6.07 Å². The first-order chi connectivity index (χ1) is 15.4. The topological polar surface area (TPSA) is 65.5 Å². The number of Topliss-reactive ketones (excluding diaryl/α,β-unsaturated/α-hetero) is 1. The number of rotatable bonds is 4. The van der Waals surface area contributed by atoms with Gasteiger partial charge in [-0.05, 0) is 50.7 Å². The van der Waals surface area contributed by atoms with Gasteiger partial charge in [0.25, 0.3) is 0 Å². The van der Waals surface area contributed by atoms with Gasteiger partial charge in [-0.25, -0.2) is 4.98 Å². The van der Waals surface area contributed by atoms with Crippen molar-refractivity contribution < 1.29 is 22.8 Å². The van der Waals surface area contributed by atoms with Crippen LogP contribution in [0.4, 0.5) is 19.0 Å². The summed E-state index contributed by atoms with van der Waals surface area (Å²) in [6.07, 6.45) is -0.975. The van der Waals surface area contributed by atoms with Crippen molar-refractivity contribution in [3.63, 3.8) is 0 Å². The number of nitrogens with zero attached hydrogens (tertiary/aromatic N) is 3. The Morgan fingerprint density at radius 1 is 1.06 bits per heavy atom. The van der Waals surface area contributed by atoms with Gasteiger partial charge in [-0.15, -0.1) is 0 Å². The minimum absolute atomic E-state index is 0.00221. The van der Waals surface area contributed by atoms with Gasteiger partial charge in [-0.2, -0.15) is 13.2 Å². The van der Waals surface area contributed by atoms with E-state index in [0.717, 1.165) is 30.7 Å². The molecular formula is C24H31F3N4O2. The van der Waals surface area contributed by atoms with Crippen LogP contribution in [-0.2, 0) is 15.8 Å². The highest BCUT2D eigenvalue weighted by atomic mass is 19.4. The zero-order valence-electron chi connectivity index (χ0n) is 19.1. The molecule has 3 fully saturated rings. The van der Waals surface area contributed by atoms with Gasteiger partial charge in [0.05, 0.1) is 11.1 Å². The van der Waals surface area contributed by atoms with Crippen LogP contribution in [-0.4, -0.2) is 59.3 Å². The van der Waals surface area contributed by atoms with E-state index in [1.54, 1.807) is 0 Å². The SMILES string of the molecule is C=C1C[C@@H]2CC(=O)C[C@H](C1)C2NC(=O)C(C)(C)N1CCN(c2ccc(C(F)(F)F)cn2)CC1. The summed E-state index contributed by atoms with van der Waals surface area (Å²) in [6, 6.07) is 2.44. The molecule has 9 heteroatoms. The lowest BCUT2D eigenvalue weighted by molar-refractivity contribution is -0.137. The number of hydrogen-bond donors (Lipinski definition) is 1. The molecule has 2 aliphatic carbocycles. The summed E-state index contributed by atoms with van der Waals surface area (Å²) in [7, 11) is 0. The van der Waals surface area contributed by atoms with E-state index in [2.05, 4.69) is 21.8 Å². The number of alkyl halides is 3. The summed E-state index contributed by atoms with van der Waals surface area (Å²) in [5.41, 5.74) is -0.345. The first kappa shape index (κ1) is 23.7. The van der Waals surface area contributed by atoms with E-state index in [-0.39, 0.29) is 29.6 Å². The minimum atomic E-state index is -4.40. The number of carbonyl (C=O) groups excluding carboxylic acids is 2. The molecule has 1 amide bonds. The first-order valence-electron chi connectivity index (χ1n) is 11.5. The second-order valence-electron chi connectivity index (χ2n) is 10.1. The van der Waals surface area contributed by atoms with Gasteiger partial charge >= 0.3 is 6.18 Å². The molecule has 1 aromatic heterocycles. The van der Waals surface area contributed by atoms with Crippen molar-refractivity contribution in [3.8, 4) is 0 Å². The molecule has 0 spiro atoms. The maximum atomic E-state index is 13.3. The molecule has 0 aromatic carbocycles. The van der Waals surface area contributed by atoms with Crippen LogP contribution in [0, 0.1) is 11.8 Å². The number of ketones is 1. The van der Waals surface area contributed by atoms with E-state index >= 15 is 0 Å². The Balaban J connectivity index is 1.36. The van der Waals surface area contributed by atoms with Gasteiger partial charge in [-0.3, -0.25) is 14.5 Å². The number of anilines is 1. The average molecular weight is 465 g/mol. The number of allylic oxidation sites excluding steroid dienone is 1. The normalized spacial score (nSPS) is 26.9. The molecule has 1 unspecified atom stereocenters. The molecule has 2 bridgehead atoms. The number of nitrogens with one attached hydrogen (secondary N) is 1. The molecule has 0 radical (unpaired) electrons. The van der Waals surface area contributed by atoms with Crippen LogP contribution in [0.25, 0.3) is 0 Å². The Hall–Kier alpha value is -2.42. The Bertz CT molecular complexity index is 881. The molecule has 2 saturated carbocycles. The monoisotopic (exact) mass is 464 g/mol. The van der Waals surface area contributed by atoms with Crippen molar-refractivity contribution in [2.24, 2.45) is 11.8 Å². The summed E-state index contributed by atoms with van der Waals surface area (Å²) in [4.78, 5) is 33.4. The number of halogens is 3. The van der Waals surface area contributed by atoms with Crippen molar-refractivity contribution in [2.75, 3.05) is 31.1 Å². The van der Waals surface area contributed by atoms with Gasteiger partial charge in [0.15, 0.2) is 0 Å². The number of fused-ring (bicyclic) bond motifs is 2. The Morgan fingerprint density at radius 3 is 2.18 bits per heavy atom. The first-order valence-corrected chi connectivity index (χ1v) is 11.5. The molecule has 1 saturated heterocycles. The standard InChI is InChI=1S/C24H31F3N4O2/c1-15-10-16-12-19(32)13-17(11-15)21(16)29-22(33)23(2,3)31-8-6-30(7-9-31)20-5-4-18(14-28-20)24(25,26)27/h4-5,14,16-17,21H,1,6-13H2,2-3H3,(H,29,33)/t16-,17+,21?. The Morgan fingerprint density at radius 2 is 1.67 bits per heavy atom. The lowest BCUT2D eigenvalue weighted by Crippen LogP contribution is -2.63. The van der Waals surface area contributed by atoms with Crippen LogP contribution in [0.1, 0.15) is 45.1 Å². The minimum Gasteiger partial charge on any atom is -0.354 e. The number of amides is 1. The molecule has 180 valence electrons. The van der Waals surface area contributed by atoms with Crippen molar-refractivity contribution in [1.82, 2.24) is 15.2 Å². The van der Waals surface area contributed by atoms with Gasteiger partial charge in [0, 0.05) is 51.3 Å². The van der Waals surface area contributed by atoms with E-state index in [4.69, 9.17) is 0 Å². The fourth-order valence-electron chi connectivity index (χ4n) is 5.47. The summed E-state index contributed by atoms with van der Waals surface area (Å²) in [6.45, 7) is 10.2. The second kappa shape index (κ2) is 8.74. The zero-order valence-corrected chi connectivity index (χ0v) is 19.1.